The first-order chi connectivity index (χ1) is 6.05. The molecule has 1 heterocycles. The molecule has 0 saturated carbocycles. The van der Waals surface area contributed by atoms with Crippen LogP contribution in [0, 0.1) is 0 Å². The smallest absolute Gasteiger partial charge is 0.0669 e. The number of nitrogens with zero attached hydrogens (tertiary/aromatic N) is 1. The number of hydrogen-bond acceptors (Lipinski definition) is 3. The van der Waals surface area contributed by atoms with Gasteiger partial charge in [0.25, 0.3) is 0 Å². The van der Waals surface area contributed by atoms with Crippen molar-refractivity contribution in [3.8, 4) is 0 Å². The number of aromatic nitrogens is 1. The molecule has 0 radical (unpaired) electrons. The molecule has 0 spiro atoms. The van der Waals surface area contributed by atoms with E-state index >= 15 is 0 Å². The molecular weight excluding hydrogens is 162 g/mol. The molecule has 3 N–H and O–H groups in total. The van der Waals surface area contributed by atoms with Gasteiger partial charge in [0.1, 0.15) is 0 Å². The van der Waals surface area contributed by atoms with Crippen LogP contribution in [0.2, 0.25) is 0 Å². The van der Waals surface area contributed by atoms with Crippen molar-refractivity contribution in [2.24, 2.45) is 5.73 Å². The summed E-state index contributed by atoms with van der Waals surface area (Å²) >= 11 is 0. The highest BCUT2D eigenvalue weighted by molar-refractivity contribution is 5.13. The third kappa shape index (κ3) is 2.50. The van der Waals surface area contributed by atoms with Gasteiger partial charge in [0.2, 0.25) is 0 Å². The summed E-state index contributed by atoms with van der Waals surface area (Å²) in [5, 5.41) is 3.17. The Bertz CT molecular complexity index is 251. The number of pyridine rings is 1. The Kier molecular flexibility index (Phi) is 3.01. The van der Waals surface area contributed by atoms with Gasteiger partial charge >= 0.3 is 0 Å². The number of hydrogen-bond donors (Lipinski definition) is 2. The van der Waals surface area contributed by atoms with E-state index < -0.39 is 0 Å². The molecule has 1 unspecified atom stereocenters. The average Bonchev–Trinajstić information content (AvgIpc) is 2.05. The van der Waals surface area contributed by atoms with E-state index in [1.165, 1.54) is 0 Å². The molecule has 3 heteroatoms. The molecule has 1 atom stereocenters. The summed E-state index contributed by atoms with van der Waals surface area (Å²) in [5.41, 5.74) is 6.70. The lowest BCUT2D eigenvalue weighted by Gasteiger charge is -2.29. The molecule has 0 fully saturated rings. The van der Waals surface area contributed by atoms with Crippen LogP contribution in [0.25, 0.3) is 0 Å². The predicted octanol–water partition coefficient (Wildman–Crippen LogP) is 1.08. The minimum atomic E-state index is -0.302. The van der Waals surface area contributed by atoms with Gasteiger partial charge in [0, 0.05) is 11.7 Å². The maximum Gasteiger partial charge on any atom is 0.0669 e. The maximum absolute atomic E-state index is 6.02. The summed E-state index contributed by atoms with van der Waals surface area (Å²) in [5.74, 6) is 0. The lowest BCUT2D eigenvalue weighted by molar-refractivity contribution is 0.363. The second-order valence-electron chi connectivity index (χ2n) is 3.80. The van der Waals surface area contributed by atoms with Crippen molar-refractivity contribution < 1.29 is 0 Å². The molecule has 0 bridgehead atoms. The second-order valence-corrected chi connectivity index (χ2v) is 3.80. The van der Waals surface area contributed by atoms with Crippen molar-refractivity contribution >= 4 is 0 Å². The molecule has 0 amide bonds. The highest BCUT2D eigenvalue weighted by atomic mass is 15.0. The summed E-state index contributed by atoms with van der Waals surface area (Å²) in [6, 6.07) is 5.95. The van der Waals surface area contributed by atoms with Gasteiger partial charge in [-0.1, -0.05) is 6.07 Å². The van der Waals surface area contributed by atoms with Crippen molar-refractivity contribution in [2.75, 3.05) is 7.05 Å². The van der Waals surface area contributed by atoms with Crippen LogP contribution in [0.15, 0.2) is 24.4 Å². The Morgan fingerprint density at radius 3 is 2.54 bits per heavy atom. The summed E-state index contributed by atoms with van der Waals surface area (Å²) in [7, 11) is 1.90. The van der Waals surface area contributed by atoms with Gasteiger partial charge in [-0.25, -0.2) is 0 Å². The van der Waals surface area contributed by atoms with Gasteiger partial charge in [0.15, 0.2) is 0 Å². The van der Waals surface area contributed by atoms with Crippen LogP contribution in [0.3, 0.4) is 0 Å². The molecule has 1 rings (SSSR count). The van der Waals surface area contributed by atoms with Crippen LogP contribution in [0.1, 0.15) is 25.6 Å². The first kappa shape index (κ1) is 10.2. The van der Waals surface area contributed by atoms with E-state index in [1.807, 2.05) is 39.1 Å². The van der Waals surface area contributed by atoms with Crippen molar-refractivity contribution in [1.29, 1.82) is 0 Å². The minimum absolute atomic E-state index is 0.0914. The third-order valence-corrected chi connectivity index (χ3v) is 2.02. The molecule has 0 aromatic carbocycles. The molecule has 13 heavy (non-hydrogen) atoms. The van der Waals surface area contributed by atoms with Gasteiger partial charge in [0.05, 0.1) is 11.7 Å². The zero-order valence-corrected chi connectivity index (χ0v) is 8.41. The van der Waals surface area contributed by atoms with E-state index in [0.29, 0.717) is 0 Å². The van der Waals surface area contributed by atoms with Crippen molar-refractivity contribution in [2.45, 2.75) is 25.4 Å². The number of nitrogens with two attached hydrogens (primary N) is 1. The standard InChI is InChI=1S/C10H17N3/c1-10(2,11)9(12-3)8-6-4-5-7-13-8/h4-7,9,12H,11H2,1-3H3. The van der Waals surface area contributed by atoms with E-state index in [2.05, 4.69) is 10.3 Å². The maximum atomic E-state index is 6.02. The largest absolute Gasteiger partial charge is 0.324 e. The molecule has 0 aliphatic rings. The summed E-state index contributed by atoms with van der Waals surface area (Å²) in [6.07, 6.45) is 1.78. The normalized spacial score (nSPS) is 14.2. The zero-order valence-electron chi connectivity index (χ0n) is 8.41. The molecule has 72 valence electrons. The molecule has 0 saturated heterocycles. The van der Waals surface area contributed by atoms with Crippen LogP contribution in [0.4, 0.5) is 0 Å². The summed E-state index contributed by atoms with van der Waals surface area (Å²) < 4.78 is 0. The van der Waals surface area contributed by atoms with E-state index in [4.69, 9.17) is 5.73 Å². The van der Waals surface area contributed by atoms with Crippen LogP contribution in [-0.2, 0) is 0 Å². The van der Waals surface area contributed by atoms with Crippen molar-refractivity contribution in [3.63, 3.8) is 0 Å². The summed E-state index contributed by atoms with van der Waals surface area (Å²) in [6.45, 7) is 3.98. The van der Waals surface area contributed by atoms with E-state index in [-0.39, 0.29) is 11.6 Å². The number of rotatable bonds is 3. The van der Waals surface area contributed by atoms with Gasteiger partial charge in [-0.15, -0.1) is 0 Å². The number of likely N-dealkylation sites (N-methyl/N-ethyl adjacent to an activating group) is 1. The quantitative estimate of drug-likeness (QED) is 0.730. The fourth-order valence-corrected chi connectivity index (χ4v) is 1.45. The average molecular weight is 179 g/mol. The van der Waals surface area contributed by atoms with E-state index in [9.17, 15) is 0 Å². The Morgan fingerprint density at radius 1 is 1.46 bits per heavy atom. The Morgan fingerprint density at radius 2 is 2.15 bits per heavy atom. The Balaban J connectivity index is 2.92. The Labute approximate surface area is 79.4 Å². The first-order valence-corrected chi connectivity index (χ1v) is 4.43. The fraction of sp³-hybridized carbons (Fsp3) is 0.500. The molecular formula is C10H17N3. The second kappa shape index (κ2) is 3.85. The summed E-state index contributed by atoms with van der Waals surface area (Å²) in [4.78, 5) is 4.27. The minimum Gasteiger partial charge on any atom is -0.324 e. The molecule has 0 aliphatic heterocycles. The Hall–Kier alpha value is -0.930. The third-order valence-electron chi connectivity index (χ3n) is 2.02. The molecule has 1 aromatic rings. The molecule has 0 aliphatic carbocycles. The molecule has 3 nitrogen and oxygen atoms in total. The first-order valence-electron chi connectivity index (χ1n) is 4.43. The van der Waals surface area contributed by atoms with E-state index in [0.717, 1.165) is 5.69 Å². The monoisotopic (exact) mass is 179 g/mol. The fourth-order valence-electron chi connectivity index (χ4n) is 1.45. The van der Waals surface area contributed by atoms with Crippen LogP contribution in [-0.4, -0.2) is 17.6 Å². The van der Waals surface area contributed by atoms with Crippen molar-refractivity contribution in [1.82, 2.24) is 10.3 Å². The lowest BCUT2D eigenvalue weighted by Crippen LogP contribution is -2.45. The van der Waals surface area contributed by atoms with E-state index in [1.54, 1.807) is 6.20 Å². The predicted molar refractivity (Wildman–Crippen MR) is 54.3 cm³/mol. The van der Waals surface area contributed by atoms with Gasteiger partial charge in [-0.3, -0.25) is 4.98 Å². The lowest BCUT2D eigenvalue weighted by atomic mass is 9.93. The van der Waals surface area contributed by atoms with Gasteiger partial charge in [-0.2, -0.15) is 0 Å². The SMILES string of the molecule is CNC(c1ccccn1)C(C)(C)N. The van der Waals surface area contributed by atoms with Gasteiger partial charge < -0.3 is 11.1 Å². The van der Waals surface area contributed by atoms with Crippen molar-refractivity contribution in [3.05, 3.63) is 30.1 Å². The van der Waals surface area contributed by atoms with Gasteiger partial charge in [-0.05, 0) is 33.0 Å². The highest BCUT2D eigenvalue weighted by Gasteiger charge is 2.25. The van der Waals surface area contributed by atoms with Crippen LogP contribution >= 0.6 is 0 Å². The zero-order chi connectivity index (χ0) is 9.90. The topological polar surface area (TPSA) is 50.9 Å². The van der Waals surface area contributed by atoms with Crippen LogP contribution in [0.5, 0.6) is 0 Å². The number of nitrogens with one attached hydrogen (secondary N) is 1. The molecule has 1 aromatic heterocycles. The van der Waals surface area contributed by atoms with Crippen LogP contribution < -0.4 is 11.1 Å². The highest BCUT2D eigenvalue weighted by Crippen LogP contribution is 2.20.